The quantitative estimate of drug-likeness (QED) is 0.808. The zero-order valence-electron chi connectivity index (χ0n) is 9.98. The van der Waals surface area contributed by atoms with Crippen molar-refractivity contribution in [2.24, 2.45) is 0 Å². The summed E-state index contributed by atoms with van der Waals surface area (Å²) >= 11 is 0. The maximum atomic E-state index is 11.5. The van der Waals surface area contributed by atoms with Crippen LogP contribution in [0.4, 0.5) is 0 Å². The summed E-state index contributed by atoms with van der Waals surface area (Å²) in [6.07, 6.45) is 0. The van der Waals surface area contributed by atoms with Crippen molar-refractivity contribution in [3.05, 3.63) is 34.9 Å². The van der Waals surface area contributed by atoms with E-state index < -0.39 is 11.9 Å². The molecule has 0 aliphatic heterocycles. The topological polar surface area (TPSA) is 71.4 Å². The third kappa shape index (κ3) is 2.78. The minimum atomic E-state index is -1.13. The molecule has 0 aliphatic carbocycles. The van der Waals surface area contributed by atoms with E-state index in [9.17, 15) is 14.4 Å². The lowest BCUT2D eigenvalue weighted by Crippen LogP contribution is -2.20. The minimum absolute atomic E-state index is 0.00556. The summed E-state index contributed by atoms with van der Waals surface area (Å²) in [5, 5.41) is 9.05. The maximum Gasteiger partial charge on any atom is 0.336 e. The van der Waals surface area contributed by atoms with Gasteiger partial charge >= 0.3 is 5.97 Å². The van der Waals surface area contributed by atoms with Gasteiger partial charge in [-0.3, -0.25) is 9.59 Å². The van der Waals surface area contributed by atoms with Crippen LogP contribution in [0.2, 0.25) is 0 Å². The third-order valence-corrected chi connectivity index (χ3v) is 2.56. The molecule has 17 heavy (non-hydrogen) atoms. The molecule has 4 nitrogen and oxygen atoms in total. The molecule has 0 saturated heterocycles. The van der Waals surface area contributed by atoms with Gasteiger partial charge in [0.25, 0.3) is 0 Å². The Morgan fingerprint density at radius 3 is 2.06 bits per heavy atom. The number of carboxylic acid groups (broad SMARTS) is 1. The molecule has 0 bridgehead atoms. The molecular weight excluding hydrogens is 220 g/mol. The Balaban J connectivity index is 3.45. The summed E-state index contributed by atoms with van der Waals surface area (Å²) in [6, 6.07) is 4.65. The van der Waals surface area contributed by atoms with Crippen LogP contribution in [0.5, 0.6) is 0 Å². The fraction of sp³-hybridized carbons (Fsp3) is 0.308. The number of hydrogen-bond acceptors (Lipinski definition) is 3. The van der Waals surface area contributed by atoms with E-state index in [0.29, 0.717) is 0 Å². The molecule has 0 heterocycles. The Morgan fingerprint density at radius 2 is 1.65 bits per heavy atom. The first-order valence-electron chi connectivity index (χ1n) is 5.19. The summed E-state index contributed by atoms with van der Waals surface area (Å²) in [6.45, 7) is 4.37. The third-order valence-electron chi connectivity index (χ3n) is 2.56. The molecule has 1 rings (SSSR count). The number of carbonyl (C=O) groups is 3. The predicted molar refractivity (Wildman–Crippen MR) is 62.2 cm³/mol. The first-order valence-corrected chi connectivity index (χ1v) is 5.19. The van der Waals surface area contributed by atoms with Gasteiger partial charge in [0, 0.05) is 0 Å². The second-order valence-electron chi connectivity index (χ2n) is 4.05. The smallest absolute Gasteiger partial charge is 0.336 e. The van der Waals surface area contributed by atoms with Crippen molar-refractivity contribution in [1.29, 1.82) is 0 Å². The summed E-state index contributed by atoms with van der Waals surface area (Å²) in [4.78, 5) is 34.0. The van der Waals surface area contributed by atoms with Gasteiger partial charge in [-0.1, -0.05) is 17.7 Å². The number of carboxylic acids is 1. The molecule has 0 fully saturated rings. The van der Waals surface area contributed by atoms with Gasteiger partial charge in [-0.15, -0.1) is 0 Å². The van der Waals surface area contributed by atoms with Crippen LogP contribution in [-0.4, -0.2) is 22.6 Å². The van der Waals surface area contributed by atoms with Crippen molar-refractivity contribution < 1.29 is 19.5 Å². The zero-order valence-corrected chi connectivity index (χ0v) is 9.98. The Hall–Kier alpha value is -1.97. The molecule has 1 N–H and O–H groups in total. The molecule has 90 valence electrons. The number of rotatable bonds is 4. The Morgan fingerprint density at radius 1 is 1.12 bits per heavy atom. The molecule has 0 radical (unpaired) electrons. The number of aryl methyl sites for hydroxylation is 1. The Labute approximate surface area is 99.3 Å². The van der Waals surface area contributed by atoms with Crippen LogP contribution >= 0.6 is 0 Å². The van der Waals surface area contributed by atoms with Crippen molar-refractivity contribution in [1.82, 2.24) is 0 Å². The van der Waals surface area contributed by atoms with Crippen LogP contribution in [0.25, 0.3) is 0 Å². The normalized spacial score (nSPS) is 10.4. The van der Waals surface area contributed by atoms with Crippen molar-refractivity contribution in [3.63, 3.8) is 0 Å². The van der Waals surface area contributed by atoms with Gasteiger partial charge in [0.15, 0.2) is 0 Å². The number of hydrogen-bond donors (Lipinski definition) is 1. The van der Waals surface area contributed by atoms with E-state index in [0.717, 1.165) is 5.56 Å². The van der Waals surface area contributed by atoms with E-state index in [1.54, 1.807) is 19.1 Å². The Kier molecular flexibility index (Phi) is 3.78. The largest absolute Gasteiger partial charge is 0.478 e. The molecular formula is C13H14O4. The maximum absolute atomic E-state index is 11.5. The second kappa shape index (κ2) is 4.91. The average Bonchev–Trinajstić information content (AvgIpc) is 2.15. The standard InChI is InChI=1S/C13H14O4/c1-7-4-5-10(13(16)17)11(6-7)12(8(2)14)9(3)15/h4-6,12H,1-3H3,(H,16,17). The van der Waals surface area contributed by atoms with Gasteiger partial charge in [0.2, 0.25) is 0 Å². The van der Waals surface area contributed by atoms with E-state index in [1.165, 1.54) is 19.9 Å². The highest BCUT2D eigenvalue weighted by Crippen LogP contribution is 2.24. The minimum Gasteiger partial charge on any atom is -0.478 e. The number of ketones is 2. The van der Waals surface area contributed by atoms with E-state index in [-0.39, 0.29) is 22.7 Å². The van der Waals surface area contributed by atoms with E-state index in [1.807, 2.05) is 0 Å². The molecule has 1 aromatic carbocycles. The second-order valence-corrected chi connectivity index (χ2v) is 4.05. The van der Waals surface area contributed by atoms with Crippen LogP contribution in [0.15, 0.2) is 18.2 Å². The molecule has 0 saturated carbocycles. The zero-order chi connectivity index (χ0) is 13.2. The van der Waals surface area contributed by atoms with Crippen LogP contribution < -0.4 is 0 Å². The molecule has 0 aromatic heterocycles. The van der Waals surface area contributed by atoms with E-state index in [4.69, 9.17) is 5.11 Å². The van der Waals surface area contributed by atoms with Gasteiger partial charge in [0.05, 0.1) is 5.56 Å². The first kappa shape index (κ1) is 13.1. The SMILES string of the molecule is CC(=O)C(C(C)=O)c1cc(C)ccc1C(=O)O. The highest BCUT2D eigenvalue weighted by atomic mass is 16.4. The lowest BCUT2D eigenvalue weighted by atomic mass is 9.87. The van der Waals surface area contributed by atoms with Crippen LogP contribution in [0, 0.1) is 6.92 Å². The van der Waals surface area contributed by atoms with Gasteiger partial charge in [0.1, 0.15) is 17.5 Å². The highest BCUT2D eigenvalue weighted by molar-refractivity contribution is 6.07. The van der Waals surface area contributed by atoms with Crippen LogP contribution in [0.1, 0.15) is 41.3 Å². The molecule has 0 atom stereocenters. The van der Waals surface area contributed by atoms with Crippen LogP contribution in [-0.2, 0) is 9.59 Å². The molecule has 0 amide bonds. The first-order chi connectivity index (χ1) is 7.84. The summed E-state index contributed by atoms with van der Waals surface area (Å²) < 4.78 is 0. The summed E-state index contributed by atoms with van der Waals surface area (Å²) in [5.74, 6) is -2.80. The molecule has 0 aliphatic rings. The fourth-order valence-corrected chi connectivity index (χ4v) is 1.84. The predicted octanol–water partition coefficient (Wildman–Crippen LogP) is 1.95. The Bertz CT molecular complexity index is 474. The number of aromatic carboxylic acids is 1. The fourth-order valence-electron chi connectivity index (χ4n) is 1.84. The highest BCUT2D eigenvalue weighted by Gasteiger charge is 2.26. The van der Waals surface area contributed by atoms with Gasteiger partial charge in [-0.05, 0) is 32.4 Å². The van der Waals surface area contributed by atoms with Gasteiger partial charge in [-0.25, -0.2) is 4.79 Å². The number of Topliss-reactive ketones (excluding diaryl/α,β-unsaturated/α-hetero) is 2. The van der Waals surface area contributed by atoms with Gasteiger partial charge in [-0.2, -0.15) is 0 Å². The molecule has 1 aromatic rings. The van der Waals surface area contributed by atoms with Crippen molar-refractivity contribution >= 4 is 17.5 Å². The van der Waals surface area contributed by atoms with E-state index >= 15 is 0 Å². The molecule has 0 spiro atoms. The lowest BCUT2D eigenvalue weighted by molar-refractivity contribution is -0.126. The van der Waals surface area contributed by atoms with Crippen molar-refractivity contribution in [3.8, 4) is 0 Å². The number of carbonyl (C=O) groups excluding carboxylic acids is 2. The molecule has 4 heteroatoms. The van der Waals surface area contributed by atoms with Crippen LogP contribution in [0.3, 0.4) is 0 Å². The number of benzene rings is 1. The van der Waals surface area contributed by atoms with Crippen molar-refractivity contribution in [2.75, 3.05) is 0 Å². The average molecular weight is 234 g/mol. The van der Waals surface area contributed by atoms with E-state index in [2.05, 4.69) is 0 Å². The monoisotopic (exact) mass is 234 g/mol. The van der Waals surface area contributed by atoms with Crippen molar-refractivity contribution in [2.45, 2.75) is 26.7 Å². The summed E-state index contributed by atoms with van der Waals surface area (Å²) in [5.41, 5.74) is 1.10. The summed E-state index contributed by atoms with van der Waals surface area (Å²) in [7, 11) is 0. The van der Waals surface area contributed by atoms with Gasteiger partial charge < -0.3 is 5.11 Å². The molecule has 0 unspecified atom stereocenters. The lowest BCUT2D eigenvalue weighted by Gasteiger charge is -2.14.